The van der Waals surface area contributed by atoms with E-state index in [2.05, 4.69) is 0 Å². The molecule has 2 aliphatic heterocycles. The van der Waals surface area contributed by atoms with E-state index >= 15 is 0 Å². The number of halogens is 2. The minimum atomic E-state index is -3.39. The summed E-state index contributed by atoms with van der Waals surface area (Å²) in [5, 5.41) is -0.378. The van der Waals surface area contributed by atoms with Gasteiger partial charge in [-0.2, -0.15) is 0 Å². The molecule has 2 aromatic carbocycles. The molecule has 1 amide bonds. The largest absolute Gasteiger partial charge is 0.337 e. The Morgan fingerprint density at radius 1 is 1.07 bits per heavy atom. The van der Waals surface area contributed by atoms with Crippen LogP contribution in [0.2, 0.25) is 5.02 Å². The summed E-state index contributed by atoms with van der Waals surface area (Å²) < 4.78 is 39.6. The molecule has 2 saturated heterocycles. The number of rotatable bonds is 5. The van der Waals surface area contributed by atoms with Crippen molar-refractivity contribution < 1.29 is 17.6 Å². The number of carbonyl (C=O) groups excluding carboxylic acids is 1. The predicted octanol–water partition coefficient (Wildman–Crippen LogP) is 4.41. The lowest BCUT2D eigenvalue weighted by atomic mass is 10.0. The van der Waals surface area contributed by atoms with Gasteiger partial charge in [0.1, 0.15) is 5.82 Å². The highest BCUT2D eigenvalue weighted by atomic mass is 35.5. The van der Waals surface area contributed by atoms with Gasteiger partial charge in [-0.1, -0.05) is 35.9 Å². The second-order valence-electron chi connectivity index (χ2n) is 7.89. The van der Waals surface area contributed by atoms with Gasteiger partial charge in [0.15, 0.2) is 9.84 Å². The first-order valence-corrected chi connectivity index (χ1v) is 11.8. The highest BCUT2D eigenvalue weighted by molar-refractivity contribution is 7.92. The van der Waals surface area contributed by atoms with Crippen molar-refractivity contribution in [3.05, 3.63) is 64.9 Å². The van der Waals surface area contributed by atoms with Crippen LogP contribution in [0, 0.1) is 5.82 Å². The van der Waals surface area contributed by atoms with E-state index in [9.17, 15) is 17.6 Å². The van der Waals surface area contributed by atoms with Crippen LogP contribution >= 0.6 is 11.6 Å². The number of fused-ring (bicyclic) bond motifs is 2. The van der Waals surface area contributed by atoms with Crippen LogP contribution < -0.4 is 0 Å². The monoisotopic (exact) mass is 435 g/mol. The maximum atomic E-state index is 13.6. The van der Waals surface area contributed by atoms with Crippen LogP contribution in [-0.4, -0.2) is 36.6 Å². The van der Waals surface area contributed by atoms with Crippen molar-refractivity contribution in [2.45, 2.75) is 60.8 Å². The summed E-state index contributed by atoms with van der Waals surface area (Å²) >= 11 is 5.71. The van der Waals surface area contributed by atoms with Crippen LogP contribution in [0.4, 0.5) is 4.39 Å². The Kier molecular flexibility index (Phi) is 5.67. The van der Waals surface area contributed by atoms with E-state index in [1.165, 1.54) is 12.1 Å². The Balaban J connectivity index is 1.42. The number of aryl methyl sites for hydroxylation is 1. The molecule has 2 heterocycles. The second-order valence-corrected chi connectivity index (χ2v) is 10.5. The van der Waals surface area contributed by atoms with Gasteiger partial charge in [0.2, 0.25) is 5.91 Å². The molecule has 0 aliphatic carbocycles. The van der Waals surface area contributed by atoms with Gasteiger partial charge >= 0.3 is 0 Å². The quantitative estimate of drug-likeness (QED) is 0.699. The average Bonchev–Trinajstić information content (AvgIpc) is 2.98. The zero-order chi connectivity index (χ0) is 20.6. The molecule has 0 spiro atoms. The Bertz CT molecular complexity index is 998. The van der Waals surface area contributed by atoms with Crippen LogP contribution in [-0.2, 0) is 21.1 Å². The Labute approximate surface area is 175 Å². The first kappa shape index (κ1) is 20.4. The molecule has 2 unspecified atom stereocenters. The highest BCUT2D eigenvalue weighted by Gasteiger charge is 2.46. The number of carbonyl (C=O) groups is 1. The van der Waals surface area contributed by atoms with E-state index in [0.717, 1.165) is 18.4 Å². The molecular weight excluding hydrogens is 413 g/mol. The lowest BCUT2D eigenvalue weighted by Crippen LogP contribution is -2.49. The number of sulfone groups is 1. The van der Waals surface area contributed by atoms with Gasteiger partial charge in [0, 0.05) is 18.5 Å². The lowest BCUT2D eigenvalue weighted by molar-refractivity contribution is -0.135. The molecule has 2 bridgehead atoms. The van der Waals surface area contributed by atoms with Crippen molar-refractivity contribution in [2.24, 2.45) is 0 Å². The lowest BCUT2D eigenvalue weighted by Gasteiger charge is -2.38. The number of nitrogens with zero attached hydrogens (tertiary/aromatic N) is 1. The summed E-state index contributed by atoms with van der Waals surface area (Å²) in [6, 6.07) is 13.1. The minimum absolute atomic E-state index is 0.0171. The van der Waals surface area contributed by atoms with E-state index in [4.69, 9.17) is 11.6 Å². The fourth-order valence-electron chi connectivity index (χ4n) is 4.67. The van der Waals surface area contributed by atoms with Crippen molar-refractivity contribution in [3.8, 4) is 0 Å². The maximum Gasteiger partial charge on any atom is 0.223 e. The molecule has 7 heteroatoms. The van der Waals surface area contributed by atoms with Gasteiger partial charge in [0.05, 0.1) is 15.2 Å². The first-order valence-electron chi connectivity index (χ1n) is 9.90. The molecule has 0 saturated carbocycles. The third-order valence-corrected chi connectivity index (χ3v) is 8.60. The van der Waals surface area contributed by atoms with Gasteiger partial charge in [-0.25, -0.2) is 12.8 Å². The smallest absolute Gasteiger partial charge is 0.223 e. The molecule has 2 atom stereocenters. The summed E-state index contributed by atoms with van der Waals surface area (Å²) in [4.78, 5) is 15.1. The SMILES string of the molecule is O=C(CCc1ccc(Cl)c(F)c1)N1C2CCC1CC(S(=O)(=O)c1ccccc1)C2. The summed E-state index contributed by atoms with van der Waals surface area (Å²) in [6.45, 7) is 0. The van der Waals surface area contributed by atoms with Gasteiger partial charge < -0.3 is 4.90 Å². The van der Waals surface area contributed by atoms with Crippen molar-refractivity contribution in [3.63, 3.8) is 0 Å². The van der Waals surface area contributed by atoms with E-state index in [1.807, 2.05) is 4.90 Å². The average molecular weight is 436 g/mol. The van der Waals surface area contributed by atoms with E-state index in [-0.39, 0.29) is 29.4 Å². The van der Waals surface area contributed by atoms with Crippen molar-refractivity contribution in [2.75, 3.05) is 0 Å². The minimum Gasteiger partial charge on any atom is -0.337 e. The van der Waals surface area contributed by atoms with Crippen molar-refractivity contribution >= 4 is 27.3 Å². The van der Waals surface area contributed by atoms with E-state index in [1.54, 1.807) is 36.4 Å². The zero-order valence-corrected chi connectivity index (χ0v) is 17.5. The standard InChI is InChI=1S/C22H23ClFNO3S/c23-20-10-6-15(12-21(20)24)7-11-22(26)25-16-8-9-17(25)14-19(13-16)29(27,28)18-4-2-1-3-5-18/h1-6,10,12,16-17,19H,7-9,11,13-14H2. The molecule has 0 N–H and O–H groups in total. The van der Waals surface area contributed by atoms with Gasteiger partial charge in [0.25, 0.3) is 0 Å². The van der Waals surface area contributed by atoms with Gasteiger partial charge in [-0.05, 0) is 61.9 Å². The van der Waals surface area contributed by atoms with Crippen LogP contribution in [0.25, 0.3) is 0 Å². The molecule has 4 rings (SSSR count). The Morgan fingerprint density at radius 2 is 1.72 bits per heavy atom. The van der Waals surface area contributed by atoms with Crippen LogP contribution in [0.1, 0.15) is 37.7 Å². The number of hydrogen-bond donors (Lipinski definition) is 0. The highest BCUT2D eigenvalue weighted by Crippen LogP contribution is 2.40. The molecule has 0 radical (unpaired) electrons. The Morgan fingerprint density at radius 3 is 2.34 bits per heavy atom. The maximum absolute atomic E-state index is 13.6. The number of hydrogen-bond acceptors (Lipinski definition) is 3. The number of piperidine rings is 1. The van der Waals surface area contributed by atoms with Crippen molar-refractivity contribution in [1.29, 1.82) is 0 Å². The third kappa shape index (κ3) is 4.05. The van der Waals surface area contributed by atoms with Crippen LogP contribution in [0.5, 0.6) is 0 Å². The van der Waals surface area contributed by atoms with Gasteiger partial charge in [-0.15, -0.1) is 0 Å². The molecule has 4 nitrogen and oxygen atoms in total. The van der Waals surface area contributed by atoms with E-state index in [0.29, 0.717) is 24.2 Å². The predicted molar refractivity (Wildman–Crippen MR) is 110 cm³/mol. The van der Waals surface area contributed by atoms with E-state index < -0.39 is 20.9 Å². The van der Waals surface area contributed by atoms with Gasteiger partial charge in [-0.3, -0.25) is 4.79 Å². The Hall–Kier alpha value is -1.92. The summed E-state index contributed by atoms with van der Waals surface area (Å²) in [5.41, 5.74) is 0.731. The zero-order valence-electron chi connectivity index (χ0n) is 15.9. The summed E-state index contributed by atoms with van der Waals surface area (Å²) in [6.07, 6.45) is 3.36. The first-order chi connectivity index (χ1) is 13.9. The molecule has 154 valence electrons. The molecule has 29 heavy (non-hydrogen) atoms. The fraction of sp³-hybridized carbons (Fsp3) is 0.409. The molecule has 2 aliphatic rings. The summed E-state index contributed by atoms with van der Waals surface area (Å²) in [7, 11) is -3.39. The summed E-state index contributed by atoms with van der Waals surface area (Å²) in [5.74, 6) is -0.466. The number of amides is 1. The van der Waals surface area contributed by atoms with Crippen molar-refractivity contribution in [1.82, 2.24) is 4.90 Å². The topological polar surface area (TPSA) is 54.5 Å². The molecule has 2 aromatic rings. The van der Waals surface area contributed by atoms with Crippen LogP contribution in [0.15, 0.2) is 53.4 Å². The number of benzene rings is 2. The molecule has 2 fully saturated rings. The molecule has 0 aromatic heterocycles. The van der Waals surface area contributed by atoms with Crippen LogP contribution in [0.3, 0.4) is 0 Å². The fourth-order valence-corrected chi connectivity index (χ4v) is 6.66. The third-order valence-electron chi connectivity index (χ3n) is 6.10. The molecular formula is C22H23ClFNO3S. The normalized spacial score (nSPS) is 23.9. The second kappa shape index (κ2) is 8.07.